The minimum atomic E-state index is -3.76. The van der Waals surface area contributed by atoms with Crippen molar-refractivity contribution in [2.45, 2.75) is 69.2 Å². The van der Waals surface area contributed by atoms with E-state index in [4.69, 9.17) is 14.5 Å². The van der Waals surface area contributed by atoms with Crippen molar-refractivity contribution in [3.8, 4) is 22.8 Å². The maximum atomic E-state index is 13.6. The lowest BCUT2D eigenvalue weighted by molar-refractivity contribution is -0.286. The first-order valence-electron chi connectivity index (χ1n) is 23.9. The standard InChI is InChI=1S/C52H56F2N8O10/c1-33-11-15-42(58-49(67)51(17-18-51)38-12-14-40-41(29-38)72-52(53,54)71-40)57-46(33)36-9-6-10-37(28-36)47(65)55-21-24-69-25-26-70-30-44(63)59-43-16-13-39-48(66)61(32-56-62(39)43)31-50(68)19-22-60(23-20-50)45(64)27-34(2)35-7-4-3-5-8-35/h3-16,28-29,34,56,68H,17-27,30-32H2,1-2H3,(H,55,65)(H,59,63)(H,57,58,67)/t34-/m1/s1. The molecule has 1 aliphatic carbocycles. The lowest BCUT2D eigenvalue weighted by atomic mass is 9.89. The number of ether oxygens (including phenoxy) is 4. The molecule has 9 rings (SSSR count). The van der Waals surface area contributed by atoms with Crippen molar-refractivity contribution in [2.24, 2.45) is 0 Å². The number of halogens is 2. The summed E-state index contributed by atoms with van der Waals surface area (Å²) >= 11 is 0. The highest BCUT2D eigenvalue weighted by Crippen LogP contribution is 2.52. The van der Waals surface area contributed by atoms with Crippen molar-refractivity contribution in [3.05, 3.63) is 125 Å². The van der Waals surface area contributed by atoms with E-state index in [1.54, 1.807) is 47.4 Å². The predicted molar refractivity (Wildman–Crippen MR) is 259 cm³/mol. The van der Waals surface area contributed by atoms with Gasteiger partial charge in [-0.25, -0.2) is 9.66 Å². The van der Waals surface area contributed by atoms with Crippen LogP contribution < -0.4 is 30.8 Å². The molecule has 5 amide bonds. The monoisotopic (exact) mass is 990 g/mol. The summed E-state index contributed by atoms with van der Waals surface area (Å²) in [7, 11) is 0. The number of alkyl halides is 2. The maximum Gasteiger partial charge on any atom is 0.586 e. The van der Waals surface area contributed by atoms with E-state index in [9.17, 15) is 37.9 Å². The second-order valence-corrected chi connectivity index (χ2v) is 18.7. The zero-order chi connectivity index (χ0) is 50.6. The van der Waals surface area contributed by atoms with E-state index in [0.29, 0.717) is 84.9 Å². The van der Waals surface area contributed by atoms with Gasteiger partial charge in [0.15, 0.2) is 11.5 Å². The van der Waals surface area contributed by atoms with Crippen LogP contribution in [0.4, 0.5) is 20.4 Å². The maximum absolute atomic E-state index is 13.6. The van der Waals surface area contributed by atoms with E-state index in [0.717, 1.165) is 11.1 Å². The summed E-state index contributed by atoms with van der Waals surface area (Å²) in [5, 5.41) is 19.9. The average molecular weight is 991 g/mol. The number of aromatic nitrogens is 2. The number of carbonyl (C=O) groups is 5. The van der Waals surface area contributed by atoms with Crippen molar-refractivity contribution in [3.63, 3.8) is 0 Å². The van der Waals surface area contributed by atoms with Crippen molar-refractivity contribution in [1.29, 1.82) is 0 Å². The normalized spacial score (nSPS) is 17.3. The largest absolute Gasteiger partial charge is 0.586 e. The molecule has 18 nitrogen and oxygen atoms in total. The van der Waals surface area contributed by atoms with Crippen LogP contribution in [0.15, 0.2) is 97.1 Å². The number of piperidine rings is 1. The molecule has 1 saturated heterocycles. The Morgan fingerprint density at radius 1 is 0.861 bits per heavy atom. The van der Waals surface area contributed by atoms with Gasteiger partial charge in [0.2, 0.25) is 11.8 Å². The number of benzene rings is 3. The van der Waals surface area contributed by atoms with E-state index in [2.05, 4.69) is 30.8 Å². The zero-order valence-corrected chi connectivity index (χ0v) is 39.9. The Labute approximate surface area is 413 Å². The van der Waals surface area contributed by atoms with E-state index in [1.807, 2.05) is 56.3 Å². The molecular formula is C52H56F2N8O10. The molecular weight excluding hydrogens is 935 g/mol. The van der Waals surface area contributed by atoms with Gasteiger partial charge in [0.25, 0.3) is 17.7 Å². The van der Waals surface area contributed by atoms with Crippen LogP contribution in [-0.2, 0) is 29.3 Å². The Balaban J connectivity index is 0.664. The van der Waals surface area contributed by atoms with E-state index in [-0.39, 0.29) is 87.2 Å². The third kappa shape index (κ3) is 11.2. The fourth-order valence-corrected chi connectivity index (χ4v) is 9.22. The molecule has 2 fully saturated rings. The topological polar surface area (TPSA) is 215 Å². The number of aryl methyl sites for hydroxylation is 1. The van der Waals surface area contributed by atoms with Crippen molar-refractivity contribution >= 4 is 41.2 Å². The summed E-state index contributed by atoms with van der Waals surface area (Å²) in [6.45, 7) is 5.27. The molecule has 2 aromatic heterocycles. The van der Waals surface area contributed by atoms with Crippen molar-refractivity contribution in [2.75, 3.05) is 75.3 Å². The number of pyridine rings is 1. The molecule has 0 bridgehead atoms. The number of likely N-dealkylation sites (tertiary alicyclic amines) is 1. The molecule has 1 atom stereocenters. The number of amides is 5. The predicted octanol–water partition coefficient (Wildman–Crippen LogP) is 5.76. The highest BCUT2D eigenvalue weighted by molar-refractivity contribution is 6.01. The molecule has 0 unspecified atom stereocenters. The molecule has 5 N–H and O–H groups in total. The van der Waals surface area contributed by atoms with Crippen LogP contribution in [0.3, 0.4) is 0 Å². The highest BCUT2D eigenvalue weighted by Gasteiger charge is 2.53. The van der Waals surface area contributed by atoms with E-state index >= 15 is 0 Å². The number of hydrogen-bond acceptors (Lipinski definition) is 12. The second-order valence-electron chi connectivity index (χ2n) is 18.7. The average Bonchev–Trinajstić information content (AvgIpc) is 3.99. The lowest BCUT2D eigenvalue weighted by Crippen LogP contribution is -2.56. The van der Waals surface area contributed by atoms with Crippen LogP contribution in [0.1, 0.15) is 82.5 Å². The number of β-amino-alcohol motifs (C(OH)–C–C–N with tert-alkyl or cyclic N) is 1. The number of rotatable bonds is 19. The first-order chi connectivity index (χ1) is 34.6. The summed E-state index contributed by atoms with van der Waals surface area (Å²) in [4.78, 5) is 73.9. The van der Waals surface area contributed by atoms with Crippen LogP contribution in [0.25, 0.3) is 11.3 Å². The van der Waals surface area contributed by atoms with E-state index < -0.39 is 23.2 Å². The fraction of sp³-hybridized carbons (Fsp3) is 0.385. The summed E-state index contributed by atoms with van der Waals surface area (Å²) in [6, 6.07) is 27.9. The summed E-state index contributed by atoms with van der Waals surface area (Å²) in [6.07, 6.45) is -1.65. The van der Waals surface area contributed by atoms with Gasteiger partial charge >= 0.3 is 6.29 Å². The number of nitrogens with one attached hydrogen (secondary N) is 4. The summed E-state index contributed by atoms with van der Waals surface area (Å²) in [5.41, 5.74) is 5.39. The molecule has 0 radical (unpaired) electrons. The number of aliphatic hydroxyl groups is 1. The molecule has 4 aliphatic rings. The van der Waals surface area contributed by atoms with Gasteiger partial charge in [0.1, 0.15) is 30.6 Å². The molecule has 5 heterocycles. The van der Waals surface area contributed by atoms with Crippen molar-refractivity contribution in [1.82, 2.24) is 24.8 Å². The summed E-state index contributed by atoms with van der Waals surface area (Å²) < 4.78 is 48.9. The Hall–Kier alpha value is -7.42. The minimum absolute atomic E-state index is 0.0453. The second kappa shape index (κ2) is 20.7. The van der Waals surface area contributed by atoms with Gasteiger partial charge in [-0.2, -0.15) is 0 Å². The van der Waals surface area contributed by atoms with Crippen LogP contribution in [0.2, 0.25) is 0 Å². The highest BCUT2D eigenvalue weighted by atomic mass is 19.3. The first-order valence-corrected chi connectivity index (χ1v) is 23.9. The molecule has 5 aromatic rings. The molecule has 1 saturated carbocycles. The Bertz CT molecular complexity index is 2850. The van der Waals surface area contributed by atoms with Gasteiger partial charge in [-0.05, 0) is 97.7 Å². The number of carbonyl (C=O) groups excluding carboxylic acids is 5. The van der Waals surface area contributed by atoms with E-state index in [1.165, 1.54) is 21.7 Å². The number of hydrogen-bond donors (Lipinski definition) is 5. The third-order valence-electron chi connectivity index (χ3n) is 13.5. The van der Waals surface area contributed by atoms with Gasteiger partial charge in [-0.3, -0.25) is 24.0 Å². The molecule has 378 valence electrons. The van der Waals surface area contributed by atoms with Gasteiger partial charge in [0, 0.05) is 37.2 Å². The summed E-state index contributed by atoms with van der Waals surface area (Å²) in [5.74, 6) is -0.871. The minimum Gasteiger partial charge on any atom is -0.395 e. The molecule has 20 heteroatoms. The third-order valence-corrected chi connectivity index (χ3v) is 13.5. The van der Waals surface area contributed by atoms with Gasteiger partial charge in [-0.15, -0.1) is 8.78 Å². The van der Waals surface area contributed by atoms with Crippen molar-refractivity contribution < 1.29 is 56.8 Å². The number of nitrogens with zero attached hydrogens (tertiary/aromatic N) is 4. The Morgan fingerprint density at radius 3 is 2.40 bits per heavy atom. The Kier molecular flexibility index (Phi) is 14.3. The van der Waals surface area contributed by atoms with Gasteiger partial charge in [0.05, 0.1) is 43.1 Å². The molecule has 3 aliphatic heterocycles. The van der Waals surface area contributed by atoms with Crippen LogP contribution in [-0.4, -0.2) is 125 Å². The smallest absolute Gasteiger partial charge is 0.395 e. The lowest BCUT2D eigenvalue weighted by Gasteiger charge is -2.42. The Morgan fingerprint density at radius 2 is 1.62 bits per heavy atom. The van der Waals surface area contributed by atoms with Crippen LogP contribution >= 0.6 is 0 Å². The molecule has 0 spiro atoms. The van der Waals surface area contributed by atoms with Gasteiger partial charge < -0.3 is 55.2 Å². The fourth-order valence-electron chi connectivity index (χ4n) is 9.22. The quantitative estimate of drug-likeness (QED) is 0.0626. The van der Waals surface area contributed by atoms with Gasteiger partial charge in [-0.1, -0.05) is 61.5 Å². The molecule has 3 aromatic carbocycles. The zero-order valence-electron chi connectivity index (χ0n) is 39.9. The number of fused-ring (bicyclic) bond motifs is 2. The SMILES string of the molecule is Cc1ccc(NC(=O)C2(c3ccc4c(c3)OC(F)(F)O4)CC2)nc1-c1cccc(C(=O)NCCOCCOCC(=O)Nc2ccc3n2NCN(CC2(O)CCN(C(=O)C[C@@H](C)c4ccccc4)CC2)C3=O)c1. The number of anilines is 2. The first kappa shape index (κ1) is 49.6. The van der Waals surface area contributed by atoms with Crippen LogP contribution in [0.5, 0.6) is 11.5 Å². The van der Waals surface area contributed by atoms with Crippen LogP contribution in [0, 0.1) is 6.92 Å². The molecule has 72 heavy (non-hydrogen) atoms.